The Kier molecular flexibility index (Phi) is 4.84. The fourth-order valence-corrected chi connectivity index (χ4v) is 3.15. The zero-order chi connectivity index (χ0) is 19.8. The third-order valence-electron chi connectivity index (χ3n) is 4.62. The molecule has 1 aliphatic rings. The number of carbonyl (C=O) groups is 1. The number of hydrogen-bond donors (Lipinski definition) is 2. The van der Waals surface area contributed by atoms with Gasteiger partial charge in [0.25, 0.3) is 5.91 Å². The predicted octanol–water partition coefficient (Wildman–Crippen LogP) is 2.09. The number of halogens is 2. The highest BCUT2D eigenvalue weighted by atomic mass is 19.3. The first-order chi connectivity index (χ1) is 12.8. The molecule has 0 aliphatic carbocycles. The monoisotopic (exact) mass is 374 g/mol. The molecule has 27 heavy (non-hydrogen) atoms. The van der Waals surface area contributed by atoms with E-state index in [-0.39, 0.29) is 24.2 Å². The summed E-state index contributed by atoms with van der Waals surface area (Å²) in [6, 6.07) is 11.8. The van der Waals surface area contributed by atoms with Crippen molar-refractivity contribution in [2.45, 2.75) is 25.6 Å². The lowest BCUT2D eigenvalue weighted by Gasteiger charge is -2.27. The first kappa shape index (κ1) is 18.8. The van der Waals surface area contributed by atoms with Crippen LogP contribution in [-0.4, -0.2) is 30.4 Å². The van der Waals surface area contributed by atoms with Gasteiger partial charge >= 0.3 is 6.61 Å². The molecule has 1 aliphatic heterocycles. The van der Waals surface area contributed by atoms with E-state index < -0.39 is 12.2 Å². The SMILES string of the molecule is Cc1ccc(C2(c3ccc(OC(F)F)c(CN)c3)N=C(N)N(C)C2=O)cc1. The number of guanidine groups is 1. The first-order valence-corrected chi connectivity index (χ1v) is 8.28. The minimum absolute atomic E-state index is 0.0361. The van der Waals surface area contributed by atoms with Crippen LogP contribution in [0.15, 0.2) is 47.5 Å². The molecule has 0 saturated carbocycles. The van der Waals surface area contributed by atoms with Crippen LogP contribution in [-0.2, 0) is 16.9 Å². The summed E-state index contributed by atoms with van der Waals surface area (Å²) >= 11 is 0. The van der Waals surface area contributed by atoms with Crippen LogP contribution in [0.1, 0.15) is 22.3 Å². The lowest BCUT2D eigenvalue weighted by molar-refractivity contribution is -0.129. The van der Waals surface area contributed by atoms with Gasteiger partial charge in [0.2, 0.25) is 0 Å². The highest BCUT2D eigenvalue weighted by Crippen LogP contribution is 2.40. The van der Waals surface area contributed by atoms with Crippen LogP contribution in [0.3, 0.4) is 0 Å². The van der Waals surface area contributed by atoms with Crippen molar-refractivity contribution in [1.82, 2.24) is 4.90 Å². The molecule has 1 unspecified atom stereocenters. The summed E-state index contributed by atoms with van der Waals surface area (Å²) in [5.41, 5.74) is 12.7. The largest absolute Gasteiger partial charge is 0.434 e. The van der Waals surface area contributed by atoms with Crippen molar-refractivity contribution < 1.29 is 18.3 Å². The summed E-state index contributed by atoms with van der Waals surface area (Å²) in [7, 11) is 1.54. The van der Waals surface area contributed by atoms with E-state index >= 15 is 0 Å². The number of carbonyl (C=O) groups excluding carboxylic acids is 1. The zero-order valence-electron chi connectivity index (χ0n) is 14.9. The fraction of sp³-hybridized carbons (Fsp3) is 0.263. The van der Waals surface area contributed by atoms with Gasteiger partial charge in [-0.15, -0.1) is 0 Å². The number of alkyl halides is 2. The molecule has 0 bridgehead atoms. The van der Waals surface area contributed by atoms with Crippen molar-refractivity contribution in [2.75, 3.05) is 7.05 Å². The highest BCUT2D eigenvalue weighted by molar-refractivity contribution is 6.08. The number of aryl methyl sites for hydroxylation is 1. The van der Waals surface area contributed by atoms with Crippen molar-refractivity contribution >= 4 is 11.9 Å². The van der Waals surface area contributed by atoms with Crippen molar-refractivity contribution in [3.8, 4) is 5.75 Å². The van der Waals surface area contributed by atoms with Gasteiger partial charge in [-0.3, -0.25) is 9.69 Å². The number of nitrogens with two attached hydrogens (primary N) is 2. The molecule has 0 aromatic heterocycles. The zero-order valence-corrected chi connectivity index (χ0v) is 14.9. The van der Waals surface area contributed by atoms with Crippen LogP contribution >= 0.6 is 0 Å². The van der Waals surface area contributed by atoms with E-state index in [1.54, 1.807) is 18.2 Å². The van der Waals surface area contributed by atoms with Crippen LogP contribution in [0.4, 0.5) is 8.78 Å². The third kappa shape index (κ3) is 3.12. The molecule has 6 nitrogen and oxygen atoms in total. The Morgan fingerprint density at radius 1 is 1.19 bits per heavy atom. The molecular weight excluding hydrogens is 354 g/mol. The second kappa shape index (κ2) is 6.96. The van der Waals surface area contributed by atoms with E-state index in [0.29, 0.717) is 16.7 Å². The summed E-state index contributed by atoms with van der Waals surface area (Å²) in [5.74, 6) is -0.303. The van der Waals surface area contributed by atoms with Crippen LogP contribution in [0.2, 0.25) is 0 Å². The number of benzene rings is 2. The van der Waals surface area contributed by atoms with Gasteiger partial charge in [-0.25, -0.2) is 4.99 Å². The molecule has 1 atom stereocenters. The molecule has 1 heterocycles. The molecule has 0 spiro atoms. The number of amides is 1. The first-order valence-electron chi connectivity index (χ1n) is 8.28. The molecule has 142 valence electrons. The number of likely N-dealkylation sites (N-methyl/N-ethyl adjacent to an activating group) is 1. The van der Waals surface area contributed by atoms with Crippen LogP contribution in [0.25, 0.3) is 0 Å². The Morgan fingerprint density at radius 2 is 1.81 bits per heavy atom. The average molecular weight is 374 g/mol. The topological polar surface area (TPSA) is 93.9 Å². The van der Waals surface area contributed by atoms with Crippen molar-refractivity contribution in [2.24, 2.45) is 16.5 Å². The molecule has 3 rings (SSSR count). The fourth-order valence-electron chi connectivity index (χ4n) is 3.15. The van der Waals surface area contributed by atoms with Crippen molar-refractivity contribution in [3.63, 3.8) is 0 Å². The van der Waals surface area contributed by atoms with E-state index in [4.69, 9.17) is 11.5 Å². The van der Waals surface area contributed by atoms with Gasteiger partial charge in [-0.2, -0.15) is 8.78 Å². The summed E-state index contributed by atoms with van der Waals surface area (Å²) in [4.78, 5) is 18.9. The normalized spacial score (nSPS) is 19.6. The van der Waals surface area contributed by atoms with E-state index in [0.717, 1.165) is 5.56 Å². The third-order valence-corrected chi connectivity index (χ3v) is 4.62. The maximum Gasteiger partial charge on any atom is 0.387 e. The summed E-state index contributed by atoms with van der Waals surface area (Å²) in [5, 5.41) is 0. The Morgan fingerprint density at radius 3 is 2.33 bits per heavy atom. The Bertz CT molecular complexity index is 899. The molecule has 1 amide bonds. The maximum atomic E-state index is 13.1. The van der Waals surface area contributed by atoms with Gasteiger partial charge in [-0.05, 0) is 30.2 Å². The van der Waals surface area contributed by atoms with Crippen molar-refractivity contribution in [3.05, 3.63) is 64.7 Å². The lowest BCUT2D eigenvalue weighted by Crippen LogP contribution is -2.41. The van der Waals surface area contributed by atoms with Gasteiger partial charge in [0.05, 0.1) is 0 Å². The highest BCUT2D eigenvalue weighted by Gasteiger charge is 2.49. The minimum Gasteiger partial charge on any atom is -0.434 e. The van der Waals surface area contributed by atoms with Gasteiger partial charge in [-0.1, -0.05) is 35.9 Å². The molecular formula is C19H20F2N4O2. The van der Waals surface area contributed by atoms with E-state index in [2.05, 4.69) is 9.73 Å². The minimum atomic E-state index is -2.97. The van der Waals surface area contributed by atoms with Crippen molar-refractivity contribution in [1.29, 1.82) is 0 Å². The predicted molar refractivity (Wildman–Crippen MR) is 97.3 cm³/mol. The molecule has 2 aromatic rings. The van der Waals surface area contributed by atoms with Gasteiger partial charge in [0.15, 0.2) is 11.5 Å². The number of rotatable bonds is 5. The molecule has 2 aromatic carbocycles. The number of ether oxygens (including phenoxy) is 1. The average Bonchev–Trinajstić information content (AvgIpc) is 2.87. The smallest absolute Gasteiger partial charge is 0.387 e. The summed E-state index contributed by atoms with van der Waals surface area (Å²) in [6.07, 6.45) is 0. The lowest BCUT2D eigenvalue weighted by atomic mass is 9.82. The quantitative estimate of drug-likeness (QED) is 0.838. The molecule has 0 radical (unpaired) electrons. The van der Waals surface area contributed by atoms with E-state index in [9.17, 15) is 13.6 Å². The molecule has 8 heteroatoms. The van der Waals surface area contributed by atoms with Crippen LogP contribution < -0.4 is 16.2 Å². The standard InChI is InChI=1S/C19H20F2N4O2/c1-11-3-5-13(6-4-11)19(16(26)25(2)18(23)24-19)14-7-8-15(27-17(20)21)12(9-14)10-22/h3-9,17H,10,22H2,1-2H3,(H2,23,24). The van der Waals surface area contributed by atoms with Crippen LogP contribution in [0, 0.1) is 6.92 Å². The van der Waals surface area contributed by atoms with E-state index in [1.165, 1.54) is 24.1 Å². The summed E-state index contributed by atoms with van der Waals surface area (Å²) in [6.45, 7) is -1.08. The summed E-state index contributed by atoms with van der Waals surface area (Å²) < 4.78 is 29.7. The van der Waals surface area contributed by atoms with Crippen LogP contribution in [0.5, 0.6) is 5.75 Å². The number of aliphatic imine (C=N–C) groups is 1. The van der Waals surface area contributed by atoms with Gasteiger partial charge in [0.1, 0.15) is 5.75 Å². The number of hydrogen-bond acceptors (Lipinski definition) is 5. The Labute approximate surface area is 155 Å². The molecule has 4 N–H and O–H groups in total. The Hall–Kier alpha value is -3.00. The Balaban J connectivity index is 2.21. The van der Waals surface area contributed by atoms with Gasteiger partial charge < -0.3 is 16.2 Å². The second-order valence-corrected chi connectivity index (χ2v) is 6.32. The second-order valence-electron chi connectivity index (χ2n) is 6.32. The molecule has 0 saturated heterocycles. The maximum absolute atomic E-state index is 13.1. The molecule has 0 fully saturated rings. The van der Waals surface area contributed by atoms with E-state index in [1.807, 2.05) is 19.1 Å². The number of nitrogens with zero attached hydrogens (tertiary/aromatic N) is 2. The van der Waals surface area contributed by atoms with Gasteiger partial charge in [0, 0.05) is 19.2 Å².